The van der Waals surface area contributed by atoms with Crippen LogP contribution in [-0.2, 0) is 21.2 Å². The van der Waals surface area contributed by atoms with Crippen molar-refractivity contribution >= 4 is 33.2 Å². The smallest absolute Gasteiger partial charge is 0.214 e. The third-order valence-electron chi connectivity index (χ3n) is 3.64. The Bertz CT molecular complexity index is 592. The van der Waals surface area contributed by atoms with Crippen molar-refractivity contribution in [2.75, 3.05) is 19.8 Å². The van der Waals surface area contributed by atoms with E-state index in [0.717, 1.165) is 5.56 Å². The first-order valence-corrected chi connectivity index (χ1v) is 9.24. The minimum absolute atomic E-state index is 0.126. The Hall–Kier alpha value is -0.330. The summed E-state index contributed by atoms with van der Waals surface area (Å²) < 4.78 is 32.7. The first-order valence-electron chi connectivity index (χ1n) is 6.94. The van der Waals surface area contributed by atoms with Crippen LogP contribution in [0.3, 0.4) is 0 Å². The number of ether oxygens (including phenoxy) is 1. The minimum atomic E-state index is -3.33. The Morgan fingerprint density at radius 3 is 2.86 bits per heavy atom. The third kappa shape index (κ3) is 4.33. The fourth-order valence-corrected chi connectivity index (χ4v) is 4.76. The quantitative estimate of drug-likeness (QED) is 0.887. The summed E-state index contributed by atoms with van der Waals surface area (Å²) in [5.41, 5.74) is 0.858. The van der Waals surface area contributed by atoms with Crippen molar-refractivity contribution in [3.8, 4) is 0 Å². The van der Waals surface area contributed by atoms with Gasteiger partial charge in [0.2, 0.25) is 10.0 Å². The summed E-state index contributed by atoms with van der Waals surface area (Å²) in [5, 5.41) is 0.739. The number of halogens is 2. The van der Waals surface area contributed by atoms with Crippen LogP contribution in [0.25, 0.3) is 0 Å². The minimum Gasteiger partial charge on any atom is -0.381 e. The summed E-state index contributed by atoms with van der Waals surface area (Å²) in [5.74, 6) is -0.126. The molecule has 2 rings (SSSR count). The van der Waals surface area contributed by atoms with Crippen molar-refractivity contribution in [2.24, 2.45) is 5.92 Å². The monoisotopic (exact) mass is 351 g/mol. The fourth-order valence-electron chi connectivity index (χ4n) is 2.67. The van der Waals surface area contributed by atoms with Crippen LogP contribution in [0, 0.1) is 5.92 Å². The van der Waals surface area contributed by atoms with Gasteiger partial charge in [0.15, 0.2) is 0 Å². The summed E-state index contributed by atoms with van der Waals surface area (Å²) in [6.07, 6.45) is 1.03. The van der Waals surface area contributed by atoms with Crippen molar-refractivity contribution in [2.45, 2.75) is 25.0 Å². The first kappa shape index (κ1) is 17.0. The maximum Gasteiger partial charge on any atom is 0.214 e. The molecule has 1 fully saturated rings. The SMILES string of the molecule is CCNS(=O)(=O)[C@H]1CCOC[C@H]1Cc1cc(Cl)ccc1Cl. The van der Waals surface area contributed by atoms with Gasteiger partial charge in [0.1, 0.15) is 0 Å². The number of rotatable bonds is 5. The van der Waals surface area contributed by atoms with Crippen LogP contribution >= 0.6 is 23.2 Å². The Morgan fingerprint density at radius 1 is 1.38 bits per heavy atom. The average molecular weight is 352 g/mol. The van der Waals surface area contributed by atoms with Gasteiger partial charge in [-0.1, -0.05) is 30.1 Å². The maximum absolute atomic E-state index is 12.3. The second kappa shape index (κ2) is 7.29. The lowest BCUT2D eigenvalue weighted by Crippen LogP contribution is -2.44. The zero-order valence-electron chi connectivity index (χ0n) is 11.8. The van der Waals surface area contributed by atoms with Crippen LogP contribution in [-0.4, -0.2) is 33.4 Å². The lowest BCUT2D eigenvalue weighted by molar-refractivity contribution is 0.0570. The highest BCUT2D eigenvalue weighted by Gasteiger charge is 2.36. The largest absolute Gasteiger partial charge is 0.381 e. The number of hydrogen-bond acceptors (Lipinski definition) is 3. The van der Waals surface area contributed by atoms with Crippen LogP contribution in [0.4, 0.5) is 0 Å². The molecule has 1 heterocycles. The molecular formula is C14H19Cl2NO3S. The Kier molecular flexibility index (Phi) is 5.91. The second-order valence-electron chi connectivity index (χ2n) is 5.14. The Balaban J connectivity index is 2.21. The number of hydrogen-bond donors (Lipinski definition) is 1. The van der Waals surface area contributed by atoms with E-state index in [-0.39, 0.29) is 5.92 Å². The van der Waals surface area contributed by atoms with Crippen molar-refractivity contribution in [3.63, 3.8) is 0 Å². The van der Waals surface area contributed by atoms with Crippen molar-refractivity contribution in [3.05, 3.63) is 33.8 Å². The zero-order chi connectivity index (χ0) is 15.5. The molecule has 0 radical (unpaired) electrons. The molecule has 1 aromatic rings. The van der Waals surface area contributed by atoms with Gasteiger partial charge in [-0.15, -0.1) is 0 Å². The number of sulfonamides is 1. The predicted molar refractivity (Wildman–Crippen MR) is 85.5 cm³/mol. The molecule has 0 aromatic heterocycles. The zero-order valence-corrected chi connectivity index (χ0v) is 14.1. The van der Waals surface area contributed by atoms with E-state index in [1.165, 1.54) is 0 Å². The molecule has 1 aromatic carbocycles. The molecule has 4 nitrogen and oxygen atoms in total. The molecule has 1 aliphatic rings. The predicted octanol–water partition coefficient (Wildman–Crippen LogP) is 2.88. The summed E-state index contributed by atoms with van der Waals surface area (Å²) in [7, 11) is -3.33. The standard InChI is InChI=1S/C14H19Cl2NO3S/c1-2-17-21(18,19)14-5-6-20-9-11(14)7-10-8-12(15)3-4-13(10)16/h3-4,8,11,14,17H,2,5-7,9H2,1H3/t11-,14+/m1/s1. The van der Waals surface area contributed by atoms with Gasteiger partial charge in [-0.05, 0) is 36.6 Å². The molecule has 0 saturated carbocycles. The molecule has 118 valence electrons. The molecule has 1 aliphatic heterocycles. The third-order valence-corrected chi connectivity index (χ3v) is 6.35. The number of nitrogens with one attached hydrogen (secondary N) is 1. The van der Waals surface area contributed by atoms with E-state index in [4.69, 9.17) is 27.9 Å². The van der Waals surface area contributed by atoms with Crippen molar-refractivity contribution in [1.82, 2.24) is 4.72 Å². The van der Waals surface area contributed by atoms with Crippen LogP contribution in [0.5, 0.6) is 0 Å². The lowest BCUT2D eigenvalue weighted by Gasteiger charge is -2.31. The van der Waals surface area contributed by atoms with E-state index < -0.39 is 15.3 Å². The van der Waals surface area contributed by atoms with E-state index in [2.05, 4.69) is 4.72 Å². The average Bonchev–Trinajstić information content (AvgIpc) is 2.43. The van der Waals surface area contributed by atoms with Crippen LogP contribution in [0.15, 0.2) is 18.2 Å². The molecule has 0 aliphatic carbocycles. The van der Waals surface area contributed by atoms with Crippen LogP contribution in [0.2, 0.25) is 10.0 Å². The van der Waals surface area contributed by atoms with Gasteiger partial charge in [0, 0.05) is 29.1 Å². The van der Waals surface area contributed by atoms with Crippen molar-refractivity contribution < 1.29 is 13.2 Å². The number of benzene rings is 1. The summed E-state index contributed by atoms with van der Waals surface area (Å²) in [4.78, 5) is 0. The Labute approximate surface area is 135 Å². The summed E-state index contributed by atoms with van der Waals surface area (Å²) in [6.45, 7) is 3.05. The molecule has 1 N–H and O–H groups in total. The topological polar surface area (TPSA) is 55.4 Å². The van der Waals surface area contributed by atoms with Gasteiger partial charge in [-0.25, -0.2) is 13.1 Å². The highest BCUT2D eigenvalue weighted by molar-refractivity contribution is 7.90. The first-order chi connectivity index (χ1) is 9.94. The summed E-state index contributed by atoms with van der Waals surface area (Å²) in [6, 6.07) is 5.24. The van der Waals surface area contributed by atoms with Gasteiger partial charge in [0.05, 0.1) is 11.9 Å². The maximum atomic E-state index is 12.3. The summed E-state index contributed by atoms with van der Waals surface area (Å²) >= 11 is 12.2. The second-order valence-corrected chi connectivity index (χ2v) is 7.97. The molecule has 7 heteroatoms. The van der Waals surface area contributed by atoms with E-state index >= 15 is 0 Å². The normalized spacial score (nSPS) is 23.2. The highest BCUT2D eigenvalue weighted by Crippen LogP contribution is 2.29. The molecule has 0 spiro atoms. The Morgan fingerprint density at radius 2 is 2.14 bits per heavy atom. The van der Waals surface area contributed by atoms with Crippen molar-refractivity contribution in [1.29, 1.82) is 0 Å². The molecule has 21 heavy (non-hydrogen) atoms. The van der Waals surface area contributed by atoms with E-state index in [9.17, 15) is 8.42 Å². The van der Waals surface area contributed by atoms with Crippen LogP contribution in [0.1, 0.15) is 18.9 Å². The van der Waals surface area contributed by atoms with E-state index in [1.54, 1.807) is 25.1 Å². The molecule has 0 bridgehead atoms. The lowest BCUT2D eigenvalue weighted by atomic mass is 9.93. The molecule has 0 amide bonds. The molecular weight excluding hydrogens is 333 g/mol. The van der Waals surface area contributed by atoms with E-state index in [0.29, 0.717) is 42.6 Å². The van der Waals surface area contributed by atoms with Gasteiger partial charge in [0.25, 0.3) is 0 Å². The van der Waals surface area contributed by atoms with Crippen LogP contribution < -0.4 is 4.72 Å². The fraction of sp³-hybridized carbons (Fsp3) is 0.571. The highest BCUT2D eigenvalue weighted by atomic mass is 35.5. The molecule has 0 unspecified atom stereocenters. The van der Waals surface area contributed by atoms with Gasteiger partial charge < -0.3 is 4.74 Å². The van der Waals surface area contributed by atoms with Gasteiger partial charge in [-0.3, -0.25) is 0 Å². The molecule has 1 saturated heterocycles. The molecule has 2 atom stereocenters. The van der Waals surface area contributed by atoms with Gasteiger partial charge >= 0.3 is 0 Å². The van der Waals surface area contributed by atoms with E-state index in [1.807, 2.05) is 0 Å². The van der Waals surface area contributed by atoms with Gasteiger partial charge in [-0.2, -0.15) is 0 Å².